The van der Waals surface area contributed by atoms with E-state index in [1.807, 2.05) is 48.5 Å². The topological polar surface area (TPSA) is 52.6 Å². The molecule has 0 aromatic carbocycles. The van der Waals surface area contributed by atoms with Crippen LogP contribution in [-0.2, 0) is 19.1 Å². The molecule has 0 amide bonds. The Morgan fingerprint density at radius 3 is 1.43 bits per heavy atom. The molecular formula is C36H76O4. The van der Waals surface area contributed by atoms with Gasteiger partial charge in [-0.1, -0.05) is 152 Å². The standard InChI is InChI=1S/C30H58O4.3C2H6/c1-5-8-10-11-12-13-14-17-21-25-30(32)34-27(4)22-19-16-15-18-20-24-29(31)33-26-28(7-3)23-9-6-2;3*1-2/h27-28H,5-26H2,1-4H3;3*1-2H3. The van der Waals surface area contributed by atoms with Crippen LogP contribution in [0, 0.1) is 5.92 Å². The molecule has 0 aliphatic heterocycles. The number of carbonyl (C=O) groups is 2. The summed E-state index contributed by atoms with van der Waals surface area (Å²) in [6, 6.07) is 0. The summed E-state index contributed by atoms with van der Waals surface area (Å²) in [6.07, 6.45) is 23.4. The smallest absolute Gasteiger partial charge is 0.306 e. The lowest BCUT2D eigenvalue weighted by atomic mass is 10.0. The van der Waals surface area contributed by atoms with E-state index in [1.54, 1.807) is 0 Å². The summed E-state index contributed by atoms with van der Waals surface area (Å²) >= 11 is 0. The normalized spacial score (nSPS) is 11.4. The highest BCUT2D eigenvalue weighted by molar-refractivity contribution is 5.69. The molecular weight excluding hydrogens is 496 g/mol. The molecule has 0 heterocycles. The first-order valence-electron chi connectivity index (χ1n) is 17.9. The van der Waals surface area contributed by atoms with Crippen molar-refractivity contribution in [3.63, 3.8) is 0 Å². The van der Waals surface area contributed by atoms with E-state index in [0.29, 0.717) is 25.4 Å². The van der Waals surface area contributed by atoms with Crippen molar-refractivity contribution in [2.24, 2.45) is 5.92 Å². The molecule has 244 valence electrons. The van der Waals surface area contributed by atoms with Crippen LogP contribution >= 0.6 is 0 Å². The van der Waals surface area contributed by atoms with Gasteiger partial charge in [0.2, 0.25) is 0 Å². The van der Waals surface area contributed by atoms with Crippen molar-refractivity contribution < 1.29 is 19.1 Å². The zero-order valence-electron chi connectivity index (χ0n) is 29.3. The van der Waals surface area contributed by atoms with Crippen LogP contribution in [0.5, 0.6) is 0 Å². The third kappa shape index (κ3) is 39.1. The van der Waals surface area contributed by atoms with E-state index in [1.165, 1.54) is 57.8 Å². The van der Waals surface area contributed by atoms with Gasteiger partial charge in [-0.25, -0.2) is 0 Å². The second-order valence-corrected chi connectivity index (χ2v) is 10.3. The molecule has 0 saturated heterocycles. The van der Waals surface area contributed by atoms with E-state index in [0.717, 1.165) is 64.2 Å². The Bertz CT molecular complexity index is 464. The lowest BCUT2D eigenvalue weighted by Gasteiger charge is -2.14. The quantitative estimate of drug-likeness (QED) is 0.0806. The summed E-state index contributed by atoms with van der Waals surface area (Å²) in [6.45, 7) is 21.2. The van der Waals surface area contributed by atoms with Gasteiger partial charge in [0.15, 0.2) is 0 Å². The summed E-state index contributed by atoms with van der Waals surface area (Å²) in [7, 11) is 0. The summed E-state index contributed by atoms with van der Waals surface area (Å²) in [5.74, 6) is 0.446. The first-order valence-corrected chi connectivity index (χ1v) is 17.9. The van der Waals surface area contributed by atoms with Gasteiger partial charge in [-0.05, 0) is 44.9 Å². The molecule has 0 aliphatic carbocycles. The molecule has 0 aliphatic rings. The molecule has 0 aromatic heterocycles. The average Bonchev–Trinajstić information content (AvgIpc) is 2.99. The number of ether oxygens (including phenoxy) is 2. The summed E-state index contributed by atoms with van der Waals surface area (Å²) in [5.41, 5.74) is 0. The lowest BCUT2D eigenvalue weighted by molar-refractivity contribution is -0.148. The highest BCUT2D eigenvalue weighted by Gasteiger charge is 2.11. The van der Waals surface area contributed by atoms with Crippen LogP contribution in [0.3, 0.4) is 0 Å². The van der Waals surface area contributed by atoms with E-state index >= 15 is 0 Å². The molecule has 2 atom stereocenters. The molecule has 0 bridgehead atoms. The predicted octanol–water partition coefficient (Wildman–Crippen LogP) is 12.4. The minimum absolute atomic E-state index is 0.0141. The number of hydrogen-bond acceptors (Lipinski definition) is 4. The largest absolute Gasteiger partial charge is 0.465 e. The fourth-order valence-corrected chi connectivity index (χ4v) is 4.33. The van der Waals surface area contributed by atoms with Gasteiger partial charge in [0, 0.05) is 12.8 Å². The van der Waals surface area contributed by atoms with E-state index in [9.17, 15) is 9.59 Å². The minimum atomic E-state index is -0.0394. The van der Waals surface area contributed by atoms with Gasteiger partial charge in [-0.15, -0.1) is 0 Å². The van der Waals surface area contributed by atoms with Crippen LogP contribution < -0.4 is 0 Å². The average molecular weight is 573 g/mol. The minimum Gasteiger partial charge on any atom is -0.465 e. The highest BCUT2D eigenvalue weighted by atomic mass is 16.5. The first kappa shape index (κ1) is 45.9. The number of rotatable bonds is 25. The highest BCUT2D eigenvalue weighted by Crippen LogP contribution is 2.15. The van der Waals surface area contributed by atoms with Crippen LogP contribution in [0.15, 0.2) is 0 Å². The predicted molar refractivity (Wildman–Crippen MR) is 178 cm³/mol. The molecule has 0 radical (unpaired) electrons. The zero-order chi connectivity index (χ0) is 31.3. The summed E-state index contributed by atoms with van der Waals surface area (Å²) < 4.78 is 11.0. The molecule has 40 heavy (non-hydrogen) atoms. The van der Waals surface area contributed by atoms with Crippen molar-refractivity contribution in [2.75, 3.05) is 6.61 Å². The Labute approximate surface area is 253 Å². The van der Waals surface area contributed by atoms with E-state index in [-0.39, 0.29) is 18.0 Å². The van der Waals surface area contributed by atoms with Crippen LogP contribution in [0.4, 0.5) is 0 Å². The number of esters is 2. The van der Waals surface area contributed by atoms with Crippen LogP contribution in [0.2, 0.25) is 0 Å². The second-order valence-electron chi connectivity index (χ2n) is 10.3. The fraction of sp³-hybridized carbons (Fsp3) is 0.944. The van der Waals surface area contributed by atoms with E-state index in [2.05, 4.69) is 20.8 Å². The Morgan fingerprint density at radius 1 is 0.525 bits per heavy atom. The van der Waals surface area contributed by atoms with Crippen molar-refractivity contribution in [3.05, 3.63) is 0 Å². The van der Waals surface area contributed by atoms with E-state index in [4.69, 9.17) is 9.47 Å². The van der Waals surface area contributed by atoms with Gasteiger partial charge in [0.1, 0.15) is 0 Å². The molecule has 0 spiro atoms. The number of unbranched alkanes of at least 4 members (excludes halogenated alkanes) is 13. The monoisotopic (exact) mass is 573 g/mol. The third-order valence-corrected chi connectivity index (χ3v) is 6.83. The Morgan fingerprint density at radius 2 is 0.950 bits per heavy atom. The first-order chi connectivity index (χ1) is 19.5. The van der Waals surface area contributed by atoms with Crippen molar-refractivity contribution in [3.8, 4) is 0 Å². The molecule has 4 nitrogen and oxygen atoms in total. The second kappa shape index (κ2) is 42.4. The van der Waals surface area contributed by atoms with Gasteiger partial charge in [-0.2, -0.15) is 0 Å². The van der Waals surface area contributed by atoms with Crippen molar-refractivity contribution in [1.29, 1.82) is 0 Å². The zero-order valence-corrected chi connectivity index (χ0v) is 29.3. The Balaban J connectivity index is -0.00000100. The molecule has 0 N–H and O–H groups in total. The number of hydrogen-bond donors (Lipinski definition) is 0. The van der Waals surface area contributed by atoms with Crippen LogP contribution in [-0.4, -0.2) is 24.6 Å². The van der Waals surface area contributed by atoms with Gasteiger partial charge >= 0.3 is 11.9 Å². The maximum Gasteiger partial charge on any atom is 0.306 e. The van der Waals surface area contributed by atoms with Crippen molar-refractivity contribution >= 4 is 11.9 Å². The molecule has 0 rings (SSSR count). The van der Waals surface area contributed by atoms with E-state index < -0.39 is 0 Å². The third-order valence-electron chi connectivity index (χ3n) is 6.83. The SMILES string of the molecule is CC.CC.CC.CCCCCCCCCCCC(=O)OC(C)CCCCCCCC(=O)OCC(CC)CCCC. The molecule has 0 saturated carbocycles. The number of carbonyl (C=O) groups excluding carboxylic acids is 2. The van der Waals surface area contributed by atoms with Gasteiger partial charge in [0.25, 0.3) is 0 Å². The van der Waals surface area contributed by atoms with Crippen molar-refractivity contribution in [1.82, 2.24) is 0 Å². The lowest BCUT2D eigenvalue weighted by Crippen LogP contribution is -2.14. The van der Waals surface area contributed by atoms with Gasteiger partial charge < -0.3 is 9.47 Å². The molecule has 0 fully saturated rings. The summed E-state index contributed by atoms with van der Waals surface area (Å²) in [5, 5.41) is 0. The molecule has 4 heteroatoms. The maximum absolute atomic E-state index is 12.0. The Hall–Kier alpha value is -1.06. The van der Waals surface area contributed by atoms with Crippen molar-refractivity contribution in [2.45, 2.75) is 210 Å². The summed E-state index contributed by atoms with van der Waals surface area (Å²) in [4.78, 5) is 23.9. The Kier molecular flexibility index (Phi) is 48.7. The van der Waals surface area contributed by atoms with Gasteiger partial charge in [0.05, 0.1) is 12.7 Å². The maximum atomic E-state index is 12.0. The van der Waals surface area contributed by atoms with Crippen LogP contribution in [0.1, 0.15) is 204 Å². The molecule has 2 unspecified atom stereocenters. The fourth-order valence-electron chi connectivity index (χ4n) is 4.33. The van der Waals surface area contributed by atoms with Gasteiger partial charge in [-0.3, -0.25) is 9.59 Å². The van der Waals surface area contributed by atoms with Crippen LogP contribution in [0.25, 0.3) is 0 Å². The molecule has 0 aromatic rings.